The second kappa shape index (κ2) is 6.07. The highest BCUT2D eigenvalue weighted by Crippen LogP contribution is 2.25. The van der Waals surface area contributed by atoms with Crippen molar-refractivity contribution >= 4 is 11.6 Å². The molecular weight excluding hydrogens is 258 g/mol. The molecule has 0 amide bonds. The Morgan fingerprint density at radius 1 is 1.21 bits per heavy atom. The summed E-state index contributed by atoms with van der Waals surface area (Å²) in [4.78, 5) is 3.96. The number of rotatable bonds is 4. The van der Waals surface area contributed by atoms with Crippen molar-refractivity contribution in [1.82, 2.24) is 4.98 Å². The lowest BCUT2D eigenvalue weighted by atomic mass is 10.0. The molecule has 0 saturated heterocycles. The van der Waals surface area contributed by atoms with Crippen LogP contribution in [0.4, 0.5) is 0 Å². The normalized spacial score (nSPS) is 10.8. The van der Waals surface area contributed by atoms with Crippen LogP contribution in [0.3, 0.4) is 0 Å². The Labute approximate surface area is 119 Å². The molecule has 0 aliphatic carbocycles. The molecule has 0 aliphatic heterocycles. The van der Waals surface area contributed by atoms with Crippen LogP contribution in [-0.2, 0) is 6.61 Å². The smallest absolute Gasteiger partial charge is 0.129 e. The number of halogens is 1. The van der Waals surface area contributed by atoms with Crippen LogP contribution in [0.1, 0.15) is 36.5 Å². The fourth-order valence-electron chi connectivity index (χ4n) is 1.82. The number of hydrogen-bond acceptors (Lipinski definition) is 2. The minimum absolute atomic E-state index is 0.494. The van der Waals surface area contributed by atoms with Crippen LogP contribution in [0.25, 0.3) is 0 Å². The summed E-state index contributed by atoms with van der Waals surface area (Å²) in [6, 6.07) is 10.1. The molecule has 0 aliphatic rings. The van der Waals surface area contributed by atoms with Gasteiger partial charge in [-0.05, 0) is 47.7 Å². The minimum atomic E-state index is 0.494. The standard InChI is InChI=1S/C16H18ClNO/c1-11(2)14-5-4-12(3)15(9-14)19-10-13-6-7-18-16(17)8-13/h4-9,11H,10H2,1-3H3. The molecule has 2 nitrogen and oxygen atoms in total. The lowest BCUT2D eigenvalue weighted by Crippen LogP contribution is -1.99. The summed E-state index contributed by atoms with van der Waals surface area (Å²) in [6.45, 7) is 6.91. The van der Waals surface area contributed by atoms with E-state index in [1.807, 2.05) is 12.1 Å². The Hall–Kier alpha value is -1.54. The fourth-order valence-corrected chi connectivity index (χ4v) is 2.02. The zero-order valence-corrected chi connectivity index (χ0v) is 12.2. The zero-order valence-electron chi connectivity index (χ0n) is 11.5. The number of ether oxygens (including phenoxy) is 1. The highest BCUT2D eigenvalue weighted by atomic mass is 35.5. The molecule has 3 heteroatoms. The maximum absolute atomic E-state index is 5.88. The highest BCUT2D eigenvalue weighted by Gasteiger charge is 2.05. The first-order valence-corrected chi connectivity index (χ1v) is 6.78. The van der Waals surface area contributed by atoms with E-state index in [2.05, 4.69) is 44.0 Å². The third kappa shape index (κ3) is 3.71. The summed E-state index contributed by atoms with van der Waals surface area (Å²) >= 11 is 5.86. The van der Waals surface area contributed by atoms with Crippen molar-refractivity contribution in [2.75, 3.05) is 0 Å². The van der Waals surface area contributed by atoms with Gasteiger partial charge in [0, 0.05) is 6.20 Å². The minimum Gasteiger partial charge on any atom is -0.489 e. The Balaban J connectivity index is 2.12. The van der Waals surface area contributed by atoms with E-state index in [9.17, 15) is 0 Å². The van der Waals surface area contributed by atoms with E-state index in [4.69, 9.17) is 16.3 Å². The van der Waals surface area contributed by atoms with Gasteiger partial charge in [0.1, 0.15) is 17.5 Å². The summed E-state index contributed by atoms with van der Waals surface area (Å²) in [5.74, 6) is 1.43. The average Bonchev–Trinajstić information content (AvgIpc) is 2.37. The predicted molar refractivity (Wildman–Crippen MR) is 78.8 cm³/mol. The molecule has 0 saturated carbocycles. The third-order valence-corrected chi connectivity index (χ3v) is 3.27. The Morgan fingerprint density at radius 2 is 2.00 bits per heavy atom. The quantitative estimate of drug-likeness (QED) is 0.752. The lowest BCUT2D eigenvalue weighted by Gasteiger charge is -2.13. The van der Waals surface area contributed by atoms with E-state index in [0.717, 1.165) is 16.9 Å². The van der Waals surface area contributed by atoms with Gasteiger partial charge in [0.15, 0.2) is 0 Å². The molecule has 0 radical (unpaired) electrons. The van der Waals surface area contributed by atoms with Crippen molar-refractivity contribution in [3.05, 3.63) is 58.4 Å². The SMILES string of the molecule is Cc1ccc(C(C)C)cc1OCc1ccnc(Cl)c1. The summed E-state index contributed by atoms with van der Waals surface area (Å²) in [6.07, 6.45) is 1.69. The number of aryl methyl sites for hydroxylation is 1. The van der Waals surface area contributed by atoms with Gasteiger partial charge in [0.25, 0.3) is 0 Å². The predicted octanol–water partition coefficient (Wildman–Crippen LogP) is 4.75. The molecule has 1 aromatic carbocycles. The number of aromatic nitrogens is 1. The molecule has 0 atom stereocenters. The maximum atomic E-state index is 5.88. The van der Waals surface area contributed by atoms with Gasteiger partial charge in [-0.15, -0.1) is 0 Å². The van der Waals surface area contributed by atoms with Gasteiger partial charge >= 0.3 is 0 Å². The van der Waals surface area contributed by atoms with Crippen LogP contribution in [0.5, 0.6) is 5.75 Å². The van der Waals surface area contributed by atoms with E-state index < -0.39 is 0 Å². The van der Waals surface area contributed by atoms with Crippen molar-refractivity contribution < 1.29 is 4.74 Å². The lowest BCUT2D eigenvalue weighted by molar-refractivity contribution is 0.303. The van der Waals surface area contributed by atoms with Crippen molar-refractivity contribution in [3.8, 4) is 5.75 Å². The fraction of sp³-hybridized carbons (Fsp3) is 0.312. The number of benzene rings is 1. The number of hydrogen-bond donors (Lipinski definition) is 0. The monoisotopic (exact) mass is 275 g/mol. The van der Waals surface area contributed by atoms with Crippen LogP contribution in [0.15, 0.2) is 36.5 Å². The summed E-state index contributed by atoms with van der Waals surface area (Å²) in [5.41, 5.74) is 3.45. The zero-order chi connectivity index (χ0) is 13.8. The summed E-state index contributed by atoms with van der Waals surface area (Å²) in [5, 5.41) is 0.494. The van der Waals surface area contributed by atoms with Crippen molar-refractivity contribution in [3.63, 3.8) is 0 Å². The van der Waals surface area contributed by atoms with Crippen LogP contribution < -0.4 is 4.74 Å². The molecular formula is C16H18ClNO. The Morgan fingerprint density at radius 3 is 2.68 bits per heavy atom. The topological polar surface area (TPSA) is 22.1 Å². The molecule has 0 unspecified atom stereocenters. The number of nitrogens with zero attached hydrogens (tertiary/aromatic N) is 1. The van der Waals surface area contributed by atoms with Crippen molar-refractivity contribution in [2.24, 2.45) is 0 Å². The van der Waals surface area contributed by atoms with E-state index in [1.54, 1.807) is 6.20 Å². The molecule has 1 aromatic heterocycles. The molecule has 0 spiro atoms. The van der Waals surface area contributed by atoms with Gasteiger partial charge in [0.05, 0.1) is 0 Å². The molecule has 0 bridgehead atoms. The molecule has 0 N–H and O–H groups in total. The van der Waals surface area contributed by atoms with Crippen molar-refractivity contribution in [2.45, 2.75) is 33.3 Å². The van der Waals surface area contributed by atoms with Gasteiger partial charge in [-0.2, -0.15) is 0 Å². The first-order valence-electron chi connectivity index (χ1n) is 6.40. The molecule has 1 heterocycles. The second-order valence-electron chi connectivity index (χ2n) is 4.96. The largest absolute Gasteiger partial charge is 0.489 e. The molecule has 100 valence electrons. The highest BCUT2D eigenvalue weighted by molar-refractivity contribution is 6.29. The van der Waals surface area contributed by atoms with Gasteiger partial charge in [-0.25, -0.2) is 4.98 Å². The second-order valence-corrected chi connectivity index (χ2v) is 5.34. The Bertz CT molecular complexity index is 566. The van der Waals surface area contributed by atoms with E-state index in [1.165, 1.54) is 5.56 Å². The first kappa shape index (κ1) is 13.9. The van der Waals surface area contributed by atoms with E-state index >= 15 is 0 Å². The van der Waals surface area contributed by atoms with E-state index in [0.29, 0.717) is 17.7 Å². The molecule has 0 fully saturated rings. The van der Waals surface area contributed by atoms with E-state index in [-0.39, 0.29) is 0 Å². The Kier molecular flexibility index (Phi) is 4.43. The van der Waals surface area contributed by atoms with Gasteiger partial charge in [-0.3, -0.25) is 0 Å². The van der Waals surface area contributed by atoms with Crippen LogP contribution in [-0.4, -0.2) is 4.98 Å². The van der Waals surface area contributed by atoms with Gasteiger partial charge < -0.3 is 4.74 Å². The van der Waals surface area contributed by atoms with Gasteiger partial charge in [0.2, 0.25) is 0 Å². The van der Waals surface area contributed by atoms with Crippen LogP contribution in [0.2, 0.25) is 5.15 Å². The summed E-state index contributed by atoms with van der Waals surface area (Å²) in [7, 11) is 0. The van der Waals surface area contributed by atoms with Crippen LogP contribution >= 0.6 is 11.6 Å². The number of pyridine rings is 1. The van der Waals surface area contributed by atoms with Crippen LogP contribution in [0, 0.1) is 6.92 Å². The average molecular weight is 276 g/mol. The summed E-state index contributed by atoms with van der Waals surface area (Å²) < 4.78 is 5.88. The van der Waals surface area contributed by atoms with Crippen molar-refractivity contribution in [1.29, 1.82) is 0 Å². The maximum Gasteiger partial charge on any atom is 0.129 e. The van der Waals surface area contributed by atoms with Gasteiger partial charge in [-0.1, -0.05) is 37.6 Å². The molecule has 2 aromatic rings. The first-order chi connectivity index (χ1) is 9.06. The molecule has 2 rings (SSSR count). The molecule has 19 heavy (non-hydrogen) atoms. The third-order valence-electron chi connectivity index (χ3n) is 3.06.